The molecule has 0 aromatic heterocycles. The van der Waals surface area contributed by atoms with Gasteiger partial charge in [-0.15, -0.1) is 0 Å². The van der Waals surface area contributed by atoms with Crippen molar-refractivity contribution >= 4 is 46.2 Å². The number of fused-ring (bicyclic) bond motifs is 2. The lowest BCUT2D eigenvalue weighted by atomic mass is 9.98. The molecule has 0 unspecified atom stereocenters. The number of nitrogens with zero attached hydrogens (tertiary/aromatic N) is 1. The minimum atomic E-state index is -1.47. The average Bonchev–Trinajstić information content (AvgIpc) is 3.46. The first kappa shape index (κ1) is 33.3. The van der Waals surface area contributed by atoms with Crippen molar-refractivity contribution in [1.82, 2.24) is 15.5 Å². The van der Waals surface area contributed by atoms with Gasteiger partial charge in [0.25, 0.3) is 5.91 Å². The number of ether oxygens (including phenoxy) is 1. The zero-order chi connectivity index (χ0) is 33.7. The summed E-state index contributed by atoms with van der Waals surface area (Å²) in [6.07, 6.45) is 2.78. The van der Waals surface area contributed by atoms with Crippen LogP contribution < -0.4 is 10.6 Å². The Morgan fingerprint density at radius 2 is 1.60 bits per heavy atom. The Morgan fingerprint density at radius 1 is 0.894 bits per heavy atom. The van der Waals surface area contributed by atoms with E-state index in [2.05, 4.69) is 10.6 Å². The van der Waals surface area contributed by atoms with Crippen LogP contribution in [0.5, 0.6) is 0 Å². The van der Waals surface area contributed by atoms with Crippen LogP contribution in [-0.2, 0) is 23.9 Å². The van der Waals surface area contributed by atoms with Crippen LogP contribution in [0.3, 0.4) is 0 Å². The molecule has 3 N–H and O–H groups in total. The quantitative estimate of drug-likeness (QED) is 0.282. The number of hydrogen-bond donors (Lipinski definition) is 3. The summed E-state index contributed by atoms with van der Waals surface area (Å²) in [6, 6.07) is 14.7. The van der Waals surface area contributed by atoms with Gasteiger partial charge in [0.15, 0.2) is 12.4 Å². The molecule has 2 fully saturated rings. The van der Waals surface area contributed by atoms with Crippen LogP contribution in [0.1, 0.15) is 76.8 Å². The SMILES string of the molecule is Cc1cccc(C)c1C(=O)OCC(=O)[C@H](CC(=O)O)NC(=O)[C@@H]1CC[C@@H]2CCCC[C@H](NC(=O)c3ccc4ccccc4c3)C(=O)N21. The lowest BCUT2D eigenvalue weighted by Gasteiger charge is -2.35. The Labute approximate surface area is 272 Å². The number of carbonyl (C=O) groups is 6. The molecule has 11 heteroatoms. The first-order chi connectivity index (χ1) is 22.5. The van der Waals surface area contributed by atoms with Gasteiger partial charge in [-0.3, -0.25) is 24.0 Å². The Balaban J connectivity index is 1.27. The molecule has 4 atom stereocenters. The van der Waals surface area contributed by atoms with Crippen LogP contribution in [0.4, 0.5) is 0 Å². The average molecular weight is 642 g/mol. The van der Waals surface area contributed by atoms with Crippen LogP contribution in [-0.4, -0.2) is 76.2 Å². The number of carboxylic acids is 1. The van der Waals surface area contributed by atoms with Crippen molar-refractivity contribution in [3.05, 3.63) is 82.9 Å². The smallest absolute Gasteiger partial charge is 0.339 e. The highest BCUT2D eigenvalue weighted by Crippen LogP contribution is 2.32. The zero-order valence-corrected chi connectivity index (χ0v) is 26.5. The molecule has 0 radical (unpaired) electrons. The van der Waals surface area contributed by atoms with Gasteiger partial charge in [-0.1, -0.05) is 61.4 Å². The van der Waals surface area contributed by atoms with E-state index in [0.717, 1.165) is 23.6 Å². The molecule has 3 aromatic carbocycles. The van der Waals surface area contributed by atoms with Gasteiger partial charge >= 0.3 is 11.9 Å². The summed E-state index contributed by atoms with van der Waals surface area (Å²) in [5, 5.41) is 16.8. The minimum Gasteiger partial charge on any atom is -0.481 e. The third-order valence-electron chi connectivity index (χ3n) is 9.07. The van der Waals surface area contributed by atoms with Crippen molar-refractivity contribution in [1.29, 1.82) is 0 Å². The van der Waals surface area contributed by atoms with Crippen molar-refractivity contribution in [3.63, 3.8) is 0 Å². The lowest BCUT2D eigenvalue weighted by Crippen LogP contribution is -2.58. The van der Waals surface area contributed by atoms with Crippen molar-refractivity contribution in [3.8, 4) is 0 Å². The fourth-order valence-corrected chi connectivity index (χ4v) is 6.63. The van der Waals surface area contributed by atoms with Crippen LogP contribution in [0.15, 0.2) is 60.7 Å². The molecule has 2 aliphatic rings. The summed E-state index contributed by atoms with van der Waals surface area (Å²) in [5.41, 5.74) is 2.06. The fourth-order valence-electron chi connectivity index (χ4n) is 6.63. The van der Waals surface area contributed by atoms with E-state index in [4.69, 9.17) is 4.74 Å². The number of rotatable bonds is 10. The summed E-state index contributed by atoms with van der Waals surface area (Å²) in [4.78, 5) is 79.8. The van der Waals surface area contributed by atoms with Crippen LogP contribution in [0, 0.1) is 13.8 Å². The molecule has 246 valence electrons. The van der Waals surface area contributed by atoms with E-state index in [0.29, 0.717) is 47.9 Å². The topological polar surface area (TPSA) is 159 Å². The summed E-state index contributed by atoms with van der Waals surface area (Å²) >= 11 is 0. The minimum absolute atomic E-state index is 0.231. The summed E-state index contributed by atoms with van der Waals surface area (Å²) < 4.78 is 5.23. The second-order valence-corrected chi connectivity index (χ2v) is 12.3. The van der Waals surface area contributed by atoms with Gasteiger partial charge in [-0.05, 0) is 73.6 Å². The maximum atomic E-state index is 14.0. The second-order valence-electron chi connectivity index (χ2n) is 12.3. The molecule has 0 bridgehead atoms. The number of aryl methyl sites for hydroxylation is 2. The molecule has 3 aromatic rings. The van der Waals surface area contributed by atoms with E-state index in [9.17, 15) is 33.9 Å². The number of ketones is 1. The Kier molecular flexibility index (Phi) is 10.3. The van der Waals surface area contributed by atoms with Crippen molar-refractivity contribution in [2.75, 3.05) is 6.61 Å². The number of carbonyl (C=O) groups excluding carboxylic acids is 5. The van der Waals surface area contributed by atoms with E-state index in [1.807, 2.05) is 30.3 Å². The standard InChI is InChI=1S/C36H39N3O8/c1-21-8-7-9-22(2)32(21)36(46)47-20-30(40)28(19-31(41)42)38-34(44)29-17-16-26-12-5-6-13-27(35(45)39(26)29)37-33(43)25-15-14-23-10-3-4-11-24(23)18-25/h3-4,7-11,14-15,18,26-29H,5-6,12-13,16-17,19-20H2,1-2H3,(H,37,43)(H,38,44)(H,41,42)/t26-,27-,28-,29-/m0/s1. The molecular weight excluding hydrogens is 602 g/mol. The monoisotopic (exact) mass is 641 g/mol. The third kappa shape index (κ3) is 7.67. The second kappa shape index (κ2) is 14.6. The van der Waals surface area contributed by atoms with Gasteiger partial charge in [0.2, 0.25) is 11.8 Å². The molecule has 0 spiro atoms. The van der Waals surface area contributed by atoms with Gasteiger partial charge < -0.3 is 25.4 Å². The van der Waals surface area contributed by atoms with Crippen LogP contribution in [0.25, 0.3) is 10.8 Å². The predicted octanol–water partition coefficient (Wildman–Crippen LogP) is 3.87. The number of amides is 3. The molecule has 11 nitrogen and oxygen atoms in total. The molecule has 2 aliphatic heterocycles. The Hall–Kier alpha value is -5.06. The highest BCUT2D eigenvalue weighted by atomic mass is 16.5. The molecule has 2 saturated heterocycles. The normalized spacial score (nSPS) is 20.0. The van der Waals surface area contributed by atoms with E-state index in [1.54, 1.807) is 44.2 Å². The molecular formula is C36H39N3O8. The summed E-state index contributed by atoms with van der Waals surface area (Å²) in [6.45, 7) is 2.74. The van der Waals surface area contributed by atoms with Crippen molar-refractivity contribution < 1.29 is 38.6 Å². The largest absolute Gasteiger partial charge is 0.481 e. The third-order valence-corrected chi connectivity index (χ3v) is 9.07. The van der Waals surface area contributed by atoms with E-state index < -0.39 is 60.7 Å². The highest BCUT2D eigenvalue weighted by molar-refractivity contribution is 6.02. The maximum Gasteiger partial charge on any atom is 0.339 e. The first-order valence-corrected chi connectivity index (χ1v) is 15.9. The number of esters is 1. The fraction of sp³-hybridized carbons (Fsp3) is 0.389. The highest BCUT2D eigenvalue weighted by Gasteiger charge is 2.44. The van der Waals surface area contributed by atoms with E-state index >= 15 is 0 Å². The number of Topliss-reactive ketones (excluding diaryl/α,β-unsaturated/α-hetero) is 1. The molecule has 47 heavy (non-hydrogen) atoms. The van der Waals surface area contributed by atoms with Gasteiger partial charge in [-0.25, -0.2) is 4.79 Å². The maximum absolute atomic E-state index is 14.0. The molecule has 0 saturated carbocycles. The number of hydrogen-bond acceptors (Lipinski definition) is 7. The number of aliphatic carboxylic acids is 1. The van der Waals surface area contributed by atoms with Crippen molar-refractivity contribution in [2.24, 2.45) is 0 Å². The van der Waals surface area contributed by atoms with E-state index in [1.165, 1.54) is 4.90 Å². The van der Waals surface area contributed by atoms with Crippen molar-refractivity contribution in [2.45, 2.75) is 83.0 Å². The van der Waals surface area contributed by atoms with Crippen LogP contribution in [0.2, 0.25) is 0 Å². The number of nitrogens with one attached hydrogen (secondary N) is 2. The lowest BCUT2D eigenvalue weighted by molar-refractivity contribution is -0.145. The molecule has 5 rings (SSSR count). The first-order valence-electron chi connectivity index (χ1n) is 15.9. The summed E-state index contributed by atoms with van der Waals surface area (Å²) in [7, 11) is 0. The molecule has 3 amide bonds. The zero-order valence-electron chi connectivity index (χ0n) is 26.5. The molecule has 2 heterocycles. The predicted molar refractivity (Wildman–Crippen MR) is 173 cm³/mol. The van der Waals surface area contributed by atoms with Crippen LogP contribution >= 0.6 is 0 Å². The Morgan fingerprint density at radius 3 is 2.32 bits per heavy atom. The van der Waals surface area contributed by atoms with Gasteiger partial charge in [-0.2, -0.15) is 0 Å². The number of carboxylic acid groups (broad SMARTS) is 1. The summed E-state index contributed by atoms with van der Waals surface area (Å²) in [5.74, 6) is -4.28. The van der Waals surface area contributed by atoms with E-state index in [-0.39, 0.29) is 11.9 Å². The van der Waals surface area contributed by atoms with Gasteiger partial charge in [0.05, 0.1) is 12.0 Å². The number of benzene rings is 3. The van der Waals surface area contributed by atoms with Gasteiger partial charge in [0, 0.05) is 11.6 Å². The van der Waals surface area contributed by atoms with Gasteiger partial charge in [0.1, 0.15) is 18.1 Å². The molecule has 0 aliphatic carbocycles. The Bertz CT molecular complexity index is 1700.